The molecule has 2 aromatic rings. The summed E-state index contributed by atoms with van der Waals surface area (Å²) in [5, 5.41) is 16.2. The number of rotatable bonds is 6. The molecule has 1 saturated heterocycles. The molecule has 0 saturated carbocycles. The normalized spacial score (nSPS) is 14.9. The lowest BCUT2D eigenvalue weighted by Crippen LogP contribution is -2.48. The summed E-state index contributed by atoms with van der Waals surface area (Å²) in [7, 11) is 0. The minimum atomic E-state index is -4.67. The number of benzene rings is 1. The first-order valence-electron chi connectivity index (χ1n) is 10.7. The van der Waals surface area contributed by atoms with Crippen LogP contribution in [0.3, 0.4) is 0 Å². The van der Waals surface area contributed by atoms with Crippen LogP contribution in [0, 0.1) is 23.0 Å². The Bertz CT molecular complexity index is 1110. The van der Waals surface area contributed by atoms with Gasteiger partial charge < -0.3 is 9.80 Å². The molecule has 1 amide bonds. The predicted octanol–water partition coefficient (Wildman–Crippen LogP) is 4.79. The van der Waals surface area contributed by atoms with E-state index < -0.39 is 22.4 Å². The molecule has 1 aliphatic rings. The second kappa shape index (κ2) is 10.0. The van der Waals surface area contributed by atoms with Gasteiger partial charge in [0, 0.05) is 50.4 Å². The highest BCUT2D eigenvalue weighted by Gasteiger charge is 2.34. The zero-order valence-corrected chi connectivity index (χ0v) is 19.7. The average Bonchev–Trinajstić information content (AvgIpc) is 3.02. The van der Waals surface area contributed by atoms with Crippen molar-refractivity contribution in [1.29, 1.82) is 0 Å². The zero-order chi connectivity index (χ0) is 25.2. The maximum absolute atomic E-state index is 12.9. The van der Waals surface area contributed by atoms with Crippen LogP contribution >= 0.6 is 11.6 Å². The maximum atomic E-state index is 12.9. The molecule has 0 bridgehead atoms. The van der Waals surface area contributed by atoms with Gasteiger partial charge in [-0.3, -0.25) is 19.6 Å². The predicted molar refractivity (Wildman–Crippen MR) is 123 cm³/mol. The van der Waals surface area contributed by atoms with E-state index in [1.165, 1.54) is 6.08 Å². The van der Waals surface area contributed by atoms with E-state index in [0.717, 1.165) is 12.1 Å². The van der Waals surface area contributed by atoms with Crippen LogP contribution in [0.15, 0.2) is 24.3 Å². The highest BCUT2D eigenvalue weighted by Crippen LogP contribution is 2.36. The lowest BCUT2D eigenvalue weighted by atomic mass is 10.1. The zero-order valence-electron chi connectivity index (χ0n) is 19.0. The first kappa shape index (κ1) is 25.5. The number of amides is 1. The Morgan fingerprint density at radius 2 is 1.91 bits per heavy atom. The topological polar surface area (TPSA) is 84.5 Å². The summed E-state index contributed by atoms with van der Waals surface area (Å²) in [4.78, 5) is 26.4. The number of carbonyl (C=O) groups is 1. The van der Waals surface area contributed by atoms with Crippen molar-refractivity contribution < 1.29 is 22.9 Å². The number of aromatic nitrogens is 2. The first-order chi connectivity index (χ1) is 15.9. The van der Waals surface area contributed by atoms with Gasteiger partial charge in [0.05, 0.1) is 16.2 Å². The SMILES string of the molecule is Cc1nn(CC(C)C)c(Cl)c1/C=C/C(=O)N1CCN(c2ccc(C(F)(F)F)cc2[N+](=O)[O-])CC1. The largest absolute Gasteiger partial charge is 0.416 e. The number of nitro groups is 1. The highest BCUT2D eigenvalue weighted by atomic mass is 35.5. The van der Waals surface area contributed by atoms with Gasteiger partial charge in [0.2, 0.25) is 5.91 Å². The smallest absolute Gasteiger partial charge is 0.362 e. The van der Waals surface area contributed by atoms with Crippen LogP contribution in [0.2, 0.25) is 5.15 Å². The van der Waals surface area contributed by atoms with E-state index in [0.29, 0.717) is 34.9 Å². The molecule has 12 heteroatoms. The van der Waals surface area contributed by atoms with Gasteiger partial charge in [0.1, 0.15) is 10.8 Å². The third-order valence-electron chi connectivity index (χ3n) is 5.47. The molecule has 0 N–H and O–H groups in total. The van der Waals surface area contributed by atoms with Crippen LogP contribution < -0.4 is 4.90 Å². The fourth-order valence-electron chi connectivity index (χ4n) is 3.76. The number of aryl methyl sites for hydroxylation is 1. The van der Waals surface area contributed by atoms with E-state index in [-0.39, 0.29) is 37.8 Å². The van der Waals surface area contributed by atoms with Crippen molar-refractivity contribution in [3.8, 4) is 0 Å². The molecule has 8 nitrogen and oxygen atoms in total. The van der Waals surface area contributed by atoms with Gasteiger partial charge in [-0.05, 0) is 31.1 Å². The molecule has 0 radical (unpaired) electrons. The molecule has 1 aliphatic heterocycles. The van der Waals surface area contributed by atoms with Gasteiger partial charge in [0.15, 0.2) is 0 Å². The molecule has 3 rings (SSSR count). The lowest BCUT2D eigenvalue weighted by Gasteiger charge is -2.35. The van der Waals surface area contributed by atoms with E-state index in [9.17, 15) is 28.1 Å². The van der Waals surface area contributed by atoms with Crippen molar-refractivity contribution in [3.63, 3.8) is 0 Å². The number of carbonyl (C=O) groups excluding carboxylic acids is 1. The molecule has 0 unspecified atom stereocenters. The van der Waals surface area contributed by atoms with Gasteiger partial charge in [-0.15, -0.1) is 0 Å². The van der Waals surface area contributed by atoms with Gasteiger partial charge in [0.25, 0.3) is 5.69 Å². The average molecular weight is 500 g/mol. The summed E-state index contributed by atoms with van der Waals surface area (Å²) in [6, 6.07) is 2.48. The number of halogens is 4. The Morgan fingerprint density at radius 3 is 2.47 bits per heavy atom. The van der Waals surface area contributed by atoms with E-state index >= 15 is 0 Å². The molecule has 1 fully saturated rings. The number of anilines is 1. The second-order valence-electron chi connectivity index (χ2n) is 8.47. The number of hydrogen-bond donors (Lipinski definition) is 0. The Labute approximate surface area is 199 Å². The molecule has 0 aliphatic carbocycles. The van der Waals surface area contributed by atoms with Crippen LogP contribution in [0.1, 0.15) is 30.7 Å². The molecule has 1 aromatic heterocycles. The lowest BCUT2D eigenvalue weighted by molar-refractivity contribution is -0.384. The van der Waals surface area contributed by atoms with Crippen molar-refractivity contribution >= 4 is 35.0 Å². The van der Waals surface area contributed by atoms with E-state index in [4.69, 9.17) is 11.6 Å². The summed E-state index contributed by atoms with van der Waals surface area (Å²) >= 11 is 6.40. The van der Waals surface area contributed by atoms with Gasteiger partial charge in [-0.1, -0.05) is 25.4 Å². The third-order valence-corrected chi connectivity index (χ3v) is 5.87. The van der Waals surface area contributed by atoms with E-state index in [1.807, 2.05) is 20.8 Å². The Morgan fingerprint density at radius 1 is 1.26 bits per heavy atom. The summed E-state index contributed by atoms with van der Waals surface area (Å²) in [5.41, 5.74) is -0.227. The van der Waals surface area contributed by atoms with Crippen LogP contribution in [0.25, 0.3) is 6.08 Å². The van der Waals surface area contributed by atoms with Crippen LogP contribution in [-0.4, -0.2) is 51.7 Å². The van der Waals surface area contributed by atoms with Crippen molar-refractivity contribution in [2.45, 2.75) is 33.5 Å². The minimum absolute atomic E-state index is 0.0978. The molecule has 184 valence electrons. The summed E-state index contributed by atoms with van der Waals surface area (Å²) < 4.78 is 40.5. The van der Waals surface area contributed by atoms with Crippen LogP contribution in [0.4, 0.5) is 24.5 Å². The van der Waals surface area contributed by atoms with Gasteiger partial charge >= 0.3 is 6.18 Å². The fourth-order valence-corrected chi connectivity index (χ4v) is 4.07. The molecule has 1 aromatic carbocycles. The second-order valence-corrected chi connectivity index (χ2v) is 8.83. The standard InChI is InChI=1S/C22H25ClF3N5O3/c1-14(2)13-30-21(23)17(15(3)27-30)5-7-20(32)29-10-8-28(9-11-29)18-6-4-16(22(24,25)26)12-19(18)31(33)34/h4-7,12,14H,8-11,13H2,1-3H3/b7-5+. The van der Waals surface area contributed by atoms with E-state index in [2.05, 4.69) is 5.10 Å². The summed E-state index contributed by atoms with van der Waals surface area (Å²) in [6.07, 6.45) is -1.64. The highest BCUT2D eigenvalue weighted by molar-refractivity contribution is 6.31. The number of nitrogens with zero attached hydrogens (tertiary/aromatic N) is 5. The van der Waals surface area contributed by atoms with Crippen molar-refractivity contribution in [3.05, 3.63) is 56.4 Å². The molecule has 2 heterocycles. The first-order valence-corrected chi connectivity index (χ1v) is 11.1. The molecule has 0 atom stereocenters. The third kappa shape index (κ3) is 5.69. The Kier molecular flexibility index (Phi) is 7.54. The van der Waals surface area contributed by atoms with Gasteiger partial charge in [-0.2, -0.15) is 18.3 Å². The summed E-state index contributed by atoms with van der Waals surface area (Å²) in [6.45, 7) is 7.58. The monoisotopic (exact) mass is 499 g/mol. The summed E-state index contributed by atoms with van der Waals surface area (Å²) in [5.74, 6) is 0.0979. The maximum Gasteiger partial charge on any atom is 0.416 e. The fraction of sp³-hybridized carbons (Fsp3) is 0.455. The van der Waals surface area contributed by atoms with Crippen LogP contribution in [0.5, 0.6) is 0 Å². The number of hydrogen-bond acceptors (Lipinski definition) is 5. The van der Waals surface area contributed by atoms with Crippen molar-refractivity contribution in [1.82, 2.24) is 14.7 Å². The molecular formula is C22H25ClF3N5O3. The minimum Gasteiger partial charge on any atom is -0.362 e. The number of piperazine rings is 1. The molecule has 34 heavy (non-hydrogen) atoms. The number of nitro benzene ring substituents is 1. The molecular weight excluding hydrogens is 475 g/mol. The quantitative estimate of drug-likeness (QED) is 0.324. The molecule has 0 spiro atoms. The Hall–Kier alpha value is -3.08. The van der Waals surface area contributed by atoms with E-state index in [1.54, 1.807) is 20.6 Å². The van der Waals surface area contributed by atoms with Crippen molar-refractivity contribution in [2.75, 3.05) is 31.1 Å². The Balaban J connectivity index is 1.68. The van der Waals surface area contributed by atoms with Crippen LogP contribution in [-0.2, 0) is 17.5 Å². The number of alkyl halides is 3. The van der Waals surface area contributed by atoms with Gasteiger partial charge in [-0.25, -0.2) is 0 Å². The van der Waals surface area contributed by atoms with Crippen molar-refractivity contribution in [2.24, 2.45) is 5.92 Å².